The van der Waals surface area contributed by atoms with Crippen molar-refractivity contribution in [2.24, 2.45) is 4.99 Å². The Kier molecular flexibility index (Phi) is 5.28. The molecule has 0 aliphatic carbocycles. The van der Waals surface area contributed by atoms with E-state index in [1.54, 1.807) is 6.07 Å². The van der Waals surface area contributed by atoms with Gasteiger partial charge in [0.25, 0.3) is 0 Å². The fourth-order valence-electron chi connectivity index (χ4n) is 3.14. The van der Waals surface area contributed by atoms with Crippen molar-refractivity contribution in [3.05, 3.63) is 65.9 Å². The summed E-state index contributed by atoms with van der Waals surface area (Å²) in [6.07, 6.45) is 1.14. The van der Waals surface area contributed by atoms with Gasteiger partial charge in [0, 0.05) is 17.5 Å². The van der Waals surface area contributed by atoms with Gasteiger partial charge in [-0.05, 0) is 61.5 Å². The molecule has 2 heterocycles. The third kappa shape index (κ3) is 4.61. The highest BCUT2D eigenvalue weighted by atomic mass is 32.2. The minimum Gasteiger partial charge on any atom is -0.478 e. The number of sulfone groups is 1. The number of hydrogen-bond acceptors (Lipinski definition) is 6. The van der Waals surface area contributed by atoms with Crippen LogP contribution < -0.4 is 4.74 Å². The molecule has 31 heavy (non-hydrogen) atoms. The molecule has 2 aromatic carbocycles. The first-order valence-electron chi connectivity index (χ1n) is 9.46. The van der Waals surface area contributed by atoms with Gasteiger partial charge in [-0.1, -0.05) is 0 Å². The highest BCUT2D eigenvalue weighted by Gasteiger charge is 2.19. The number of nitrogens with zero attached hydrogens (tertiary/aromatic N) is 1. The molecule has 0 radical (unpaired) electrons. The maximum Gasteiger partial charge on any atom is 0.335 e. The number of ether oxygens (including phenoxy) is 2. The second-order valence-electron chi connectivity index (χ2n) is 7.26. The molecular formula is C22H20N2O6S. The van der Waals surface area contributed by atoms with Crippen LogP contribution in [0, 0.1) is 0 Å². The van der Waals surface area contributed by atoms with Crippen LogP contribution in [0.1, 0.15) is 23.0 Å². The average molecular weight is 440 g/mol. The van der Waals surface area contributed by atoms with Crippen LogP contribution in [0.15, 0.2) is 64.5 Å². The molecule has 9 heteroatoms. The van der Waals surface area contributed by atoms with Crippen molar-refractivity contribution in [3.8, 4) is 22.8 Å². The standard InChI is InChI=1S/C22H20N2O6S/c1-13-12-23-21(29-13)20-8-7-19(24-20)14-9-15(22(25)26)11-17(10-14)30-16-3-5-18(6-4-16)31(2,27)28/h3-11,13,24H,12H2,1-2H3,(H,25,26)/t13-/m0/s1. The molecule has 1 aromatic heterocycles. The first kappa shape index (κ1) is 20.7. The number of aromatic amines is 1. The number of carbonyl (C=O) groups is 1. The molecule has 2 N–H and O–H groups in total. The lowest BCUT2D eigenvalue weighted by Crippen LogP contribution is -2.08. The normalized spacial score (nSPS) is 15.9. The largest absolute Gasteiger partial charge is 0.478 e. The zero-order valence-electron chi connectivity index (χ0n) is 16.8. The summed E-state index contributed by atoms with van der Waals surface area (Å²) >= 11 is 0. The molecule has 0 spiro atoms. The fourth-order valence-corrected chi connectivity index (χ4v) is 3.77. The molecular weight excluding hydrogens is 420 g/mol. The first-order valence-corrected chi connectivity index (χ1v) is 11.4. The van der Waals surface area contributed by atoms with E-state index in [0.717, 1.165) is 6.26 Å². The highest BCUT2D eigenvalue weighted by Crippen LogP contribution is 2.30. The predicted octanol–water partition coefficient (Wildman–Crippen LogP) is 3.74. The molecule has 1 aliphatic rings. The van der Waals surface area contributed by atoms with Gasteiger partial charge in [0.05, 0.1) is 17.0 Å². The maximum absolute atomic E-state index is 11.6. The van der Waals surface area contributed by atoms with Gasteiger partial charge in [0.2, 0.25) is 5.90 Å². The zero-order valence-corrected chi connectivity index (χ0v) is 17.6. The Morgan fingerprint density at radius 2 is 1.81 bits per heavy atom. The van der Waals surface area contributed by atoms with Crippen LogP contribution in [0.4, 0.5) is 0 Å². The number of rotatable bonds is 6. The SMILES string of the molecule is C[C@H]1CN=C(c2ccc(-c3cc(Oc4ccc(S(C)(=O)=O)cc4)cc(C(=O)O)c3)[nH]2)O1. The lowest BCUT2D eigenvalue weighted by Gasteiger charge is -2.10. The molecule has 0 saturated heterocycles. The van der Waals surface area contributed by atoms with E-state index in [4.69, 9.17) is 9.47 Å². The maximum atomic E-state index is 11.6. The van der Waals surface area contributed by atoms with E-state index < -0.39 is 15.8 Å². The Morgan fingerprint density at radius 1 is 1.10 bits per heavy atom. The Morgan fingerprint density at radius 3 is 2.42 bits per heavy atom. The average Bonchev–Trinajstić information content (AvgIpc) is 3.36. The molecule has 0 fully saturated rings. The Bertz CT molecular complexity index is 1280. The van der Waals surface area contributed by atoms with E-state index in [1.807, 2.05) is 19.1 Å². The summed E-state index contributed by atoms with van der Waals surface area (Å²) in [5, 5.41) is 9.51. The number of hydrogen-bond donors (Lipinski definition) is 2. The molecule has 0 bridgehead atoms. The van der Waals surface area contributed by atoms with Crippen LogP contribution >= 0.6 is 0 Å². The van der Waals surface area contributed by atoms with Gasteiger partial charge in [0.15, 0.2) is 9.84 Å². The number of benzene rings is 2. The Labute approximate surface area is 179 Å². The topological polar surface area (TPSA) is 118 Å². The summed E-state index contributed by atoms with van der Waals surface area (Å²) in [6, 6.07) is 14.2. The zero-order chi connectivity index (χ0) is 22.2. The van der Waals surface area contributed by atoms with Gasteiger partial charge < -0.3 is 19.6 Å². The number of aliphatic imine (C=N–C) groups is 1. The summed E-state index contributed by atoms with van der Waals surface area (Å²) in [7, 11) is -3.32. The summed E-state index contributed by atoms with van der Waals surface area (Å²) in [5.41, 5.74) is 2.06. The van der Waals surface area contributed by atoms with Gasteiger partial charge in [-0.15, -0.1) is 0 Å². The summed E-state index contributed by atoms with van der Waals surface area (Å²) in [6.45, 7) is 2.52. The molecule has 1 aliphatic heterocycles. The smallest absolute Gasteiger partial charge is 0.335 e. The Hall–Kier alpha value is -3.59. The van der Waals surface area contributed by atoms with Crippen molar-refractivity contribution in [1.82, 2.24) is 4.98 Å². The number of aromatic nitrogens is 1. The minimum absolute atomic E-state index is 0.0196. The monoisotopic (exact) mass is 440 g/mol. The van der Waals surface area contributed by atoms with Crippen molar-refractivity contribution in [2.75, 3.05) is 12.8 Å². The van der Waals surface area contributed by atoms with Crippen molar-refractivity contribution in [3.63, 3.8) is 0 Å². The van der Waals surface area contributed by atoms with Crippen LogP contribution in [0.3, 0.4) is 0 Å². The molecule has 0 saturated carbocycles. The van der Waals surface area contributed by atoms with Crippen LogP contribution in [-0.4, -0.2) is 49.3 Å². The van der Waals surface area contributed by atoms with Gasteiger partial charge in [-0.3, -0.25) is 0 Å². The predicted molar refractivity (Wildman–Crippen MR) is 115 cm³/mol. The second-order valence-corrected chi connectivity index (χ2v) is 9.27. The van der Waals surface area contributed by atoms with E-state index in [-0.39, 0.29) is 16.6 Å². The third-order valence-corrected chi connectivity index (χ3v) is 5.80. The summed E-state index contributed by atoms with van der Waals surface area (Å²) in [4.78, 5) is 19.3. The van der Waals surface area contributed by atoms with Crippen molar-refractivity contribution in [2.45, 2.75) is 17.9 Å². The van der Waals surface area contributed by atoms with Gasteiger partial charge in [-0.25, -0.2) is 18.2 Å². The van der Waals surface area contributed by atoms with Crippen LogP contribution in [0.2, 0.25) is 0 Å². The number of carboxylic acids is 1. The lowest BCUT2D eigenvalue weighted by molar-refractivity contribution is 0.0696. The molecule has 0 amide bonds. The van der Waals surface area contributed by atoms with Crippen molar-refractivity contribution < 1.29 is 27.8 Å². The molecule has 8 nitrogen and oxygen atoms in total. The van der Waals surface area contributed by atoms with E-state index in [1.165, 1.54) is 36.4 Å². The van der Waals surface area contributed by atoms with E-state index in [9.17, 15) is 18.3 Å². The van der Waals surface area contributed by atoms with Gasteiger partial charge in [-0.2, -0.15) is 0 Å². The number of aromatic carboxylic acids is 1. The quantitative estimate of drug-likeness (QED) is 0.603. The van der Waals surface area contributed by atoms with E-state index in [0.29, 0.717) is 40.9 Å². The third-order valence-electron chi connectivity index (χ3n) is 4.67. The van der Waals surface area contributed by atoms with Crippen LogP contribution in [0.25, 0.3) is 11.3 Å². The molecule has 4 rings (SSSR count). The summed E-state index contributed by atoms with van der Waals surface area (Å²) in [5.74, 6) is 0.121. The second kappa shape index (κ2) is 7.92. The van der Waals surface area contributed by atoms with Crippen molar-refractivity contribution >= 4 is 21.7 Å². The van der Waals surface area contributed by atoms with Gasteiger partial charge >= 0.3 is 5.97 Å². The van der Waals surface area contributed by atoms with E-state index >= 15 is 0 Å². The number of nitrogens with one attached hydrogen (secondary N) is 1. The lowest BCUT2D eigenvalue weighted by atomic mass is 10.1. The number of H-pyrrole nitrogens is 1. The van der Waals surface area contributed by atoms with Crippen LogP contribution in [-0.2, 0) is 14.6 Å². The van der Waals surface area contributed by atoms with Crippen molar-refractivity contribution in [1.29, 1.82) is 0 Å². The number of carboxylic acid groups (broad SMARTS) is 1. The highest BCUT2D eigenvalue weighted by molar-refractivity contribution is 7.90. The molecule has 3 aromatic rings. The molecule has 160 valence electrons. The molecule has 1 atom stereocenters. The first-order chi connectivity index (χ1) is 14.7. The van der Waals surface area contributed by atoms with Crippen LogP contribution in [0.5, 0.6) is 11.5 Å². The van der Waals surface area contributed by atoms with E-state index in [2.05, 4.69) is 9.98 Å². The Balaban J connectivity index is 1.64. The van der Waals surface area contributed by atoms with Gasteiger partial charge in [0.1, 0.15) is 23.3 Å². The fraction of sp³-hybridized carbons (Fsp3) is 0.182. The molecule has 0 unspecified atom stereocenters. The summed E-state index contributed by atoms with van der Waals surface area (Å²) < 4.78 is 34.7. The minimum atomic E-state index is -3.32.